The van der Waals surface area contributed by atoms with E-state index in [0.717, 1.165) is 25.0 Å². The Bertz CT molecular complexity index is 460. The number of carbonyl (C=O) groups is 1. The van der Waals surface area contributed by atoms with E-state index < -0.39 is 23.6 Å². The molecule has 0 radical (unpaired) electrons. The second-order valence-electron chi connectivity index (χ2n) is 4.67. The molecule has 0 spiro atoms. The van der Waals surface area contributed by atoms with Gasteiger partial charge in [-0.05, 0) is 37.5 Å². The summed E-state index contributed by atoms with van der Waals surface area (Å²) >= 11 is 0. The van der Waals surface area contributed by atoms with Gasteiger partial charge >= 0.3 is 5.97 Å². The van der Waals surface area contributed by atoms with Gasteiger partial charge in [0, 0.05) is 12.6 Å². The molecule has 0 heterocycles. The topological polar surface area (TPSA) is 40.5 Å². The van der Waals surface area contributed by atoms with E-state index in [2.05, 4.69) is 0 Å². The predicted octanol–water partition coefficient (Wildman–Crippen LogP) is 2.40. The smallest absolute Gasteiger partial charge is 0.320 e. The fraction of sp³-hybridized carbons (Fsp3) is 0.462. The van der Waals surface area contributed by atoms with Gasteiger partial charge in [0.15, 0.2) is 11.6 Å². The van der Waals surface area contributed by atoms with Gasteiger partial charge in [0.1, 0.15) is 6.04 Å². The quantitative estimate of drug-likeness (QED) is 0.878. The molecule has 1 aromatic carbocycles. The number of carboxylic acid groups (broad SMARTS) is 1. The van der Waals surface area contributed by atoms with Gasteiger partial charge in [-0.3, -0.25) is 9.69 Å². The summed E-state index contributed by atoms with van der Waals surface area (Å²) in [7, 11) is 0. The summed E-state index contributed by atoms with van der Waals surface area (Å²) in [6, 6.07) is 3.30. The first kappa shape index (κ1) is 13.0. The number of carboxylic acids is 1. The van der Waals surface area contributed by atoms with Gasteiger partial charge in [0.25, 0.3) is 0 Å². The van der Waals surface area contributed by atoms with Crippen LogP contribution in [-0.2, 0) is 11.3 Å². The van der Waals surface area contributed by atoms with Gasteiger partial charge in [-0.15, -0.1) is 0 Å². The van der Waals surface area contributed by atoms with Crippen LogP contribution >= 0.6 is 0 Å². The average molecular weight is 255 g/mol. The monoisotopic (exact) mass is 255 g/mol. The Morgan fingerprint density at radius 3 is 2.61 bits per heavy atom. The molecule has 1 aromatic rings. The van der Waals surface area contributed by atoms with Crippen LogP contribution in [0.25, 0.3) is 0 Å². The van der Waals surface area contributed by atoms with Crippen LogP contribution < -0.4 is 0 Å². The minimum Gasteiger partial charge on any atom is -0.480 e. The molecule has 1 N–H and O–H groups in total. The molecule has 0 aliphatic heterocycles. The van der Waals surface area contributed by atoms with Crippen molar-refractivity contribution in [3.05, 3.63) is 35.4 Å². The Morgan fingerprint density at radius 2 is 2.11 bits per heavy atom. The molecule has 98 valence electrons. The summed E-state index contributed by atoms with van der Waals surface area (Å²) < 4.78 is 25.9. The number of rotatable bonds is 5. The summed E-state index contributed by atoms with van der Waals surface area (Å²) in [5.74, 6) is -2.68. The molecule has 0 amide bonds. The van der Waals surface area contributed by atoms with Gasteiger partial charge in [-0.1, -0.05) is 6.07 Å². The normalized spacial score (nSPS) is 16.9. The zero-order chi connectivity index (χ0) is 13.3. The van der Waals surface area contributed by atoms with E-state index in [4.69, 9.17) is 5.11 Å². The van der Waals surface area contributed by atoms with Gasteiger partial charge in [0.2, 0.25) is 0 Å². The van der Waals surface area contributed by atoms with Gasteiger partial charge in [-0.2, -0.15) is 0 Å². The lowest BCUT2D eigenvalue weighted by molar-refractivity contribution is -0.143. The lowest BCUT2D eigenvalue weighted by Crippen LogP contribution is -2.40. The zero-order valence-electron chi connectivity index (χ0n) is 10.1. The van der Waals surface area contributed by atoms with Crippen LogP contribution in [0.3, 0.4) is 0 Å². The molecule has 5 heteroatoms. The third-order valence-corrected chi connectivity index (χ3v) is 3.22. The van der Waals surface area contributed by atoms with Crippen LogP contribution in [0.2, 0.25) is 0 Å². The van der Waals surface area contributed by atoms with Crippen molar-refractivity contribution in [2.75, 3.05) is 0 Å². The lowest BCUT2D eigenvalue weighted by atomic mass is 10.1. The van der Waals surface area contributed by atoms with Crippen LogP contribution in [0, 0.1) is 11.6 Å². The molecule has 1 saturated carbocycles. The van der Waals surface area contributed by atoms with Crippen molar-refractivity contribution in [1.29, 1.82) is 0 Å². The van der Waals surface area contributed by atoms with Crippen LogP contribution in [0.1, 0.15) is 25.3 Å². The largest absolute Gasteiger partial charge is 0.480 e. The van der Waals surface area contributed by atoms with E-state index in [1.54, 1.807) is 6.92 Å². The second kappa shape index (κ2) is 5.02. The first-order valence-electron chi connectivity index (χ1n) is 5.91. The van der Waals surface area contributed by atoms with E-state index in [-0.39, 0.29) is 6.04 Å². The van der Waals surface area contributed by atoms with Crippen LogP contribution in [0.15, 0.2) is 18.2 Å². The van der Waals surface area contributed by atoms with E-state index >= 15 is 0 Å². The Balaban J connectivity index is 2.13. The fourth-order valence-electron chi connectivity index (χ4n) is 1.98. The second-order valence-corrected chi connectivity index (χ2v) is 4.67. The van der Waals surface area contributed by atoms with Crippen molar-refractivity contribution in [2.24, 2.45) is 0 Å². The van der Waals surface area contributed by atoms with Crippen molar-refractivity contribution in [3.63, 3.8) is 0 Å². The molecule has 18 heavy (non-hydrogen) atoms. The zero-order valence-corrected chi connectivity index (χ0v) is 10.1. The van der Waals surface area contributed by atoms with Crippen molar-refractivity contribution in [3.8, 4) is 0 Å². The van der Waals surface area contributed by atoms with Crippen molar-refractivity contribution < 1.29 is 18.7 Å². The van der Waals surface area contributed by atoms with Crippen LogP contribution in [0.5, 0.6) is 0 Å². The maximum atomic E-state index is 13.1. The molecule has 0 bridgehead atoms. The third kappa shape index (κ3) is 2.85. The Morgan fingerprint density at radius 1 is 1.44 bits per heavy atom. The Hall–Kier alpha value is -1.49. The maximum Gasteiger partial charge on any atom is 0.320 e. The molecule has 0 aromatic heterocycles. The molecular weight excluding hydrogens is 240 g/mol. The standard InChI is InChI=1S/C13H15F2NO2/c1-8(13(17)18)16(10-3-4-10)7-9-2-5-11(14)12(15)6-9/h2,5-6,8,10H,3-4,7H2,1H3,(H,17,18). The number of aliphatic carboxylic acids is 1. The summed E-state index contributed by atoms with van der Waals surface area (Å²) in [6.45, 7) is 1.94. The third-order valence-electron chi connectivity index (χ3n) is 3.22. The van der Waals surface area contributed by atoms with Crippen LogP contribution in [-0.4, -0.2) is 28.1 Å². The highest BCUT2D eigenvalue weighted by molar-refractivity contribution is 5.73. The Kier molecular flexibility index (Phi) is 3.61. The van der Waals surface area contributed by atoms with Gasteiger partial charge in [-0.25, -0.2) is 8.78 Å². The van der Waals surface area contributed by atoms with Crippen LogP contribution in [0.4, 0.5) is 8.78 Å². The van der Waals surface area contributed by atoms with Crippen molar-refractivity contribution >= 4 is 5.97 Å². The molecule has 1 aliphatic rings. The summed E-state index contributed by atoms with van der Waals surface area (Å²) in [6.07, 6.45) is 1.92. The first-order chi connectivity index (χ1) is 8.49. The molecular formula is C13H15F2NO2. The fourth-order valence-corrected chi connectivity index (χ4v) is 1.98. The maximum absolute atomic E-state index is 13.1. The van der Waals surface area contributed by atoms with E-state index in [0.29, 0.717) is 12.1 Å². The molecule has 1 fully saturated rings. The van der Waals surface area contributed by atoms with E-state index in [1.165, 1.54) is 6.07 Å². The average Bonchev–Trinajstić information content (AvgIpc) is 3.13. The molecule has 0 saturated heterocycles. The minimum atomic E-state index is -0.899. The predicted molar refractivity (Wildman–Crippen MR) is 62.0 cm³/mol. The summed E-state index contributed by atoms with van der Waals surface area (Å²) in [4.78, 5) is 12.8. The highest BCUT2D eigenvalue weighted by Gasteiger charge is 2.34. The van der Waals surface area contributed by atoms with E-state index in [1.807, 2.05) is 4.90 Å². The SMILES string of the molecule is CC(C(=O)O)N(Cc1ccc(F)c(F)c1)C1CC1. The summed E-state index contributed by atoms with van der Waals surface area (Å²) in [5, 5.41) is 9.03. The highest BCUT2D eigenvalue weighted by Crippen LogP contribution is 2.30. The van der Waals surface area contributed by atoms with Crippen molar-refractivity contribution in [1.82, 2.24) is 4.90 Å². The minimum absolute atomic E-state index is 0.240. The highest BCUT2D eigenvalue weighted by atomic mass is 19.2. The van der Waals surface area contributed by atoms with E-state index in [9.17, 15) is 13.6 Å². The molecule has 2 rings (SSSR count). The number of hydrogen-bond acceptors (Lipinski definition) is 2. The molecule has 3 nitrogen and oxygen atoms in total. The lowest BCUT2D eigenvalue weighted by Gasteiger charge is -2.26. The Labute approximate surface area is 104 Å². The van der Waals surface area contributed by atoms with Gasteiger partial charge < -0.3 is 5.11 Å². The number of nitrogens with zero attached hydrogens (tertiary/aromatic N) is 1. The van der Waals surface area contributed by atoms with Crippen molar-refractivity contribution in [2.45, 2.75) is 38.4 Å². The number of benzene rings is 1. The molecule has 1 unspecified atom stereocenters. The molecule has 1 atom stereocenters. The van der Waals surface area contributed by atoms with Gasteiger partial charge in [0.05, 0.1) is 0 Å². The summed E-state index contributed by atoms with van der Waals surface area (Å²) in [5.41, 5.74) is 0.592. The first-order valence-corrected chi connectivity index (χ1v) is 5.91. The number of halogens is 2. The molecule has 1 aliphatic carbocycles. The number of hydrogen-bond donors (Lipinski definition) is 1.